The molecule has 0 bridgehead atoms. The number of rotatable bonds is 3. The molecule has 96 valence electrons. The van der Waals surface area contributed by atoms with Crippen molar-refractivity contribution in [2.24, 2.45) is 0 Å². The maximum atomic E-state index is 5.26. The predicted molar refractivity (Wildman–Crippen MR) is 78.7 cm³/mol. The minimum Gasteiger partial charge on any atom is -0.495 e. The first-order chi connectivity index (χ1) is 9.28. The van der Waals surface area contributed by atoms with E-state index in [1.165, 1.54) is 5.56 Å². The SMILES string of the molecule is COc1ccc2cnc(Cc3ccccc3Br)n2c1. The third-order valence-electron chi connectivity index (χ3n) is 3.12. The topological polar surface area (TPSA) is 26.5 Å². The number of imidazole rings is 1. The van der Waals surface area contributed by atoms with Crippen molar-refractivity contribution in [1.29, 1.82) is 0 Å². The van der Waals surface area contributed by atoms with E-state index >= 15 is 0 Å². The summed E-state index contributed by atoms with van der Waals surface area (Å²) in [6.07, 6.45) is 4.63. The van der Waals surface area contributed by atoms with Crippen LogP contribution >= 0.6 is 15.9 Å². The summed E-state index contributed by atoms with van der Waals surface area (Å²) in [5.74, 6) is 1.83. The van der Waals surface area contributed by atoms with Crippen LogP contribution in [-0.2, 0) is 6.42 Å². The normalized spacial score (nSPS) is 10.8. The molecule has 0 saturated heterocycles. The zero-order valence-corrected chi connectivity index (χ0v) is 12.1. The Morgan fingerprint density at radius 1 is 1.21 bits per heavy atom. The smallest absolute Gasteiger partial charge is 0.135 e. The Kier molecular flexibility index (Phi) is 3.25. The molecule has 0 aliphatic rings. The van der Waals surface area contributed by atoms with Gasteiger partial charge in [-0.05, 0) is 23.8 Å². The zero-order valence-electron chi connectivity index (χ0n) is 10.5. The van der Waals surface area contributed by atoms with Gasteiger partial charge in [0.2, 0.25) is 0 Å². The van der Waals surface area contributed by atoms with Crippen LogP contribution in [0.1, 0.15) is 11.4 Å². The highest BCUT2D eigenvalue weighted by Crippen LogP contribution is 2.21. The van der Waals surface area contributed by atoms with E-state index in [0.29, 0.717) is 0 Å². The maximum absolute atomic E-state index is 5.26. The van der Waals surface area contributed by atoms with Gasteiger partial charge in [0.25, 0.3) is 0 Å². The number of aromatic nitrogens is 2. The average molecular weight is 317 g/mol. The lowest BCUT2D eigenvalue weighted by molar-refractivity contribution is 0.412. The van der Waals surface area contributed by atoms with Crippen LogP contribution in [0.25, 0.3) is 5.52 Å². The molecule has 19 heavy (non-hydrogen) atoms. The second kappa shape index (κ2) is 5.05. The number of ether oxygens (including phenoxy) is 1. The highest BCUT2D eigenvalue weighted by atomic mass is 79.9. The summed E-state index contributed by atoms with van der Waals surface area (Å²) >= 11 is 3.57. The maximum Gasteiger partial charge on any atom is 0.135 e. The van der Waals surface area contributed by atoms with Crippen molar-refractivity contribution in [3.8, 4) is 5.75 Å². The molecule has 0 radical (unpaired) electrons. The fourth-order valence-corrected chi connectivity index (χ4v) is 2.51. The van der Waals surface area contributed by atoms with E-state index in [2.05, 4.69) is 31.4 Å². The number of hydrogen-bond donors (Lipinski definition) is 0. The number of halogens is 1. The van der Waals surface area contributed by atoms with Crippen molar-refractivity contribution in [2.75, 3.05) is 7.11 Å². The summed E-state index contributed by atoms with van der Waals surface area (Å²) in [5.41, 5.74) is 2.29. The van der Waals surface area contributed by atoms with Gasteiger partial charge in [0.05, 0.1) is 25.0 Å². The van der Waals surface area contributed by atoms with Crippen molar-refractivity contribution in [3.05, 3.63) is 64.7 Å². The van der Waals surface area contributed by atoms with E-state index in [0.717, 1.165) is 28.0 Å². The van der Waals surface area contributed by atoms with Crippen LogP contribution in [0, 0.1) is 0 Å². The summed E-state index contributed by atoms with van der Waals surface area (Å²) in [6, 6.07) is 12.2. The van der Waals surface area contributed by atoms with Gasteiger partial charge >= 0.3 is 0 Å². The first kappa shape index (κ1) is 12.2. The van der Waals surface area contributed by atoms with E-state index < -0.39 is 0 Å². The second-order valence-corrected chi connectivity index (χ2v) is 5.16. The van der Waals surface area contributed by atoms with Gasteiger partial charge in [-0.25, -0.2) is 4.98 Å². The molecule has 0 fully saturated rings. The average Bonchev–Trinajstić information content (AvgIpc) is 2.84. The van der Waals surface area contributed by atoms with Crippen LogP contribution in [-0.4, -0.2) is 16.5 Å². The first-order valence-electron chi connectivity index (χ1n) is 6.01. The molecule has 4 heteroatoms. The highest BCUT2D eigenvalue weighted by Gasteiger charge is 2.07. The molecule has 0 aliphatic carbocycles. The Hall–Kier alpha value is -1.81. The quantitative estimate of drug-likeness (QED) is 0.736. The molecule has 0 unspecified atom stereocenters. The standard InChI is InChI=1S/C15H13BrN2O/c1-19-13-7-6-12-9-17-15(18(12)10-13)8-11-4-2-3-5-14(11)16/h2-7,9-10H,8H2,1H3. The molecular formula is C15H13BrN2O. The number of methoxy groups -OCH3 is 1. The van der Waals surface area contributed by atoms with E-state index in [-0.39, 0.29) is 0 Å². The molecule has 0 N–H and O–H groups in total. The van der Waals surface area contributed by atoms with Gasteiger partial charge in [-0.15, -0.1) is 0 Å². The van der Waals surface area contributed by atoms with E-state index in [4.69, 9.17) is 4.74 Å². The number of benzene rings is 1. The van der Waals surface area contributed by atoms with Gasteiger partial charge in [0.1, 0.15) is 11.6 Å². The molecule has 3 rings (SSSR count). The minimum absolute atomic E-state index is 0.781. The fourth-order valence-electron chi connectivity index (χ4n) is 2.09. The van der Waals surface area contributed by atoms with Crippen molar-refractivity contribution in [1.82, 2.24) is 9.38 Å². The minimum atomic E-state index is 0.781. The fraction of sp³-hybridized carbons (Fsp3) is 0.133. The number of hydrogen-bond acceptors (Lipinski definition) is 2. The Morgan fingerprint density at radius 2 is 2.05 bits per heavy atom. The van der Waals surface area contributed by atoms with Crippen molar-refractivity contribution < 1.29 is 4.74 Å². The summed E-state index contributed by atoms with van der Waals surface area (Å²) in [7, 11) is 1.67. The molecule has 3 nitrogen and oxygen atoms in total. The van der Waals surface area contributed by atoms with Crippen molar-refractivity contribution in [3.63, 3.8) is 0 Å². The van der Waals surface area contributed by atoms with Gasteiger partial charge < -0.3 is 4.74 Å². The molecule has 0 amide bonds. The van der Waals surface area contributed by atoms with Crippen LogP contribution in [0.5, 0.6) is 5.75 Å². The summed E-state index contributed by atoms with van der Waals surface area (Å²) in [6.45, 7) is 0. The van der Waals surface area contributed by atoms with Crippen LogP contribution in [0.2, 0.25) is 0 Å². The van der Waals surface area contributed by atoms with Crippen molar-refractivity contribution >= 4 is 21.4 Å². The molecule has 0 spiro atoms. The third kappa shape index (κ3) is 2.36. The van der Waals surface area contributed by atoms with Crippen LogP contribution < -0.4 is 4.74 Å². The summed E-state index contributed by atoms with van der Waals surface area (Å²) in [5, 5.41) is 0. The Morgan fingerprint density at radius 3 is 2.84 bits per heavy atom. The highest BCUT2D eigenvalue weighted by molar-refractivity contribution is 9.10. The Labute approximate surface area is 120 Å². The van der Waals surface area contributed by atoms with Crippen molar-refractivity contribution in [2.45, 2.75) is 6.42 Å². The van der Waals surface area contributed by atoms with Gasteiger partial charge in [-0.2, -0.15) is 0 Å². The molecule has 2 aromatic heterocycles. The molecule has 0 saturated carbocycles. The summed E-state index contributed by atoms with van der Waals surface area (Å²) in [4.78, 5) is 4.49. The lowest BCUT2D eigenvalue weighted by Gasteiger charge is -2.05. The lowest BCUT2D eigenvalue weighted by atomic mass is 10.1. The number of pyridine rings is 1. The van der Waals surface area contributed by atoms with Gasteiger partial charge in [-0.1, -0.05) is 34.1 Å². The molecule has 1 aromatic carbocycles. The number of nitrogens with zero attached hydrogens (tertiary/aromatic N) is 2. The Bertz CT molecular complexity index is 721. The van der Waals surface area contributed by atoms with Gasteiger partial charge in [0.15, 0.2) is 0 Å². The second-order valence-electron chi connectivity index (χ2n) is 4.31. The largest absolute Gasteiger partial charge is 0.495 e. The van der Waals surface area contributed by atoms with Gasteiger partial charge in [0, 0.05) is 10.9 Å². The predicted octanol–water partition coefficient (Wildman–Crippen LogP) is 3.70. The molecule has 0 aliphatic heterocycles. The van der Waals surface area contributed by atoms with Crippen LogP contribution in [0.15, 0.2) is 53.3 Å². The Balaban J connectivity index is 2.03. The van der Waals surface area contributed by atoms with Gasteiger partial charge in [-0.3, -0.25) is 4.40 Å². The molecule has 3 aromatic rings. The van der Waals surface area contributed by atoms with Crippen LogP contribution in [0.4, 0.5) is 0 Å². The number of fused-ring (bicyclic) bond motifs is 1. The molecule has 0 atom stereocenters. The van der Waals surface area contributed by atoms with E-state index in [1.807, 2.05) is 42.7 Å². The third-order valence-corrected chi connectivity index (χ3v) is 3.89. The van der Waals surface area contributed by atoms with E-state index in [9.17, 15) is 0 Å². The zero-order chi connectivity index (χ0) is 13.2. The molecular weight excluding hydrogens is 304 g/mol. The van der Waals surface area contributed by atoms with E-state index in [1.54, 1.807) is 7.11 Å². The van der Waals surface area contributed by atoms with Crippen LogP contribution in [0.3, 0.4) is 0 Å². The summed E-state index contributed by atoms with van der Waals surface area (Å²) < 4.78 is 8.44. The lowest BCUT2D eigenvalue weighted by Crippen LogP contribution is -1.97. The molecule has 2 heterocycles. The first-order valence-corrected chi connectivity index (χ1v) is 6.80. The monoisotopic (exact) mass is 316 g/mol.